The number of benzene rings is 1. The molecule has 0 aromatic heterocycles. The Hall–Kier alpha value is -0.940. The molecule has 0 bridgehead atoms. The first-order valence-corrected chi connectivity index (χ1v) is 5.46. The minimum atomic E-state index is 0.190. The summed E-state index contributed by atoms with van der Waals surface area (Å²) in [6, 6.07) is 5.55. The quantitative estimate of drug-likeness (QED) is 0.346. The molecule has 1 aromatic carbocycles. The zero-order valence-electron chi connectivity index (χ0n) is 7.87. The summed E-state index contributed by atoms with van der Waals surface area (Å²) >= 11 is 9.29. The number of rotatable bonds is 4. The van der Waals surface area contributed by atoms with E-state index in [1.54, 1.807) is 6.07 Å². The summed E-state index contributed by atoms with van der Waals surface area (Å²) in [5.41, 5.74) is 6.14. The van der Waals surface area contributed by atoms with Crippen LogP contribution in [0.1, 0.15) is 6.42 Å². The number of oxime groups is 1. The van der Waals surface area contributed by atoms with Crippen LogP contribution in [0.15, 0.2) is 27.8 Å². The smallest absolute Gasteiger partial charge is 0.140 e. The van der Waals surface area contributed by atoms with Gasteiger partial charge in [0.15, 0.2) is 0 Å². The largest absolute Gasteiger partial charge is 0.409 e. The molecule has 0 atom stereocenters. The lowest BCUT2D eigenvalue weighted by molar-refractivity contribution is 0.317. The van der Waals surface area contributed by atoms with Crippen molar-refractivity contribution in [1.29, 1.82) is 0 Å². The standard InChI is InChI=1S/C9H11BrClN3O/c10-6-1-2-8(7(11)5-6)13-4-3-9(12)14-15/h1-2,5,13,15H,3-4H2,(H2,12,14). The van der Waals surface area contributed by atoms with Crippen molar-refractivity contribution in [3.05, 3.63) is 27.7 Å². The van der Waals surface area contributed by atoms with Crippen molar-refractivity contribution in [2.45, 2.75) is 6.42 Å². The van der Waals surface area contributed by atoms with Crippen molar-refractivity contribution in [3.63, 3.8) is 0 Å². The van der Waals surface area contributed by atoms with Gasteiger partial charge in [-0.3, -0.25) is 0 Å². The molecular formula is C9H11BrClN3O. The average molecular weight is 293 g/mol. The van der Waals surface area contributed by atoms with Crippen molar-refractivity contribution in [3.8, 4) is 0 Å². The first-order valence-electron chi connectivity index (χ1n) is 4.29. The maximum atomic E-state index is 8.33. The molecule has 15 heavy (non-hydrogen) atoms. The second-order valence-electron chi connectivity index (χ2n) is 2.89. The van der Waals surface area contributed by atoms with E-state index in [1.807, 2.05) is 12.1 Å². The zero-order valence-corrected chi connectivity index (χ0v) is 10.2. The molecule has 0 aliphatic carbocycles. The molecule has 0 saturated heterocycles. The molecule has 1 aromatic rings. The number of amidine groups is 1. The number of anilines is 1. The Balaban J connectivity index is 2.51. The third-order valence-corrected chi connectivity index (χ3v) is 2.56. The SMILES string of the molecule is NC(CCNc1ccc(Br)cc1Cl)=NO. The summed E-state index contributed by atoms with van der Waals surface area (Å²) in [7, 11) is 0. The summed E-state index contributed by atoms with van der Waals surface area (Å²) in [4.78, 5) is 0. The number of nitrogens with one attached hydrogen (secondary N) is 1. The van der Waals surface area contributed by atoms with Gasteiger partial charge in [0, 0.05) is 17.4 Å². The maximum absolute atomic E-state index is 8.33. The van der Waals surface area contributed by atoms with Gasteiger partial charge in [0.05, 0.1) is 10.7 Å². The van der Waals surface area contributed by atoms with Gasteiger partial charge < -0.3 is 16.3 Å². The summed E-state index contributed by atoms with van der Waals surface area (Å²) < 4.78 is 0.925. The molecular weight excluding hydrogens is 281 g/mol. The lowest BCUT2D eigenvalue weighted by Gasteiger charge is -2.07. The van der Waals surface area contributed by atoms with E-state index in [4.69, 9.17) is 22.5 Å². The van der Waals surface area contributed by atoms with Gasteiger partial charge in [0.2, 0.25) is 0 Å². The van der Waals surface area contributed by atoms with E-state index in [1.165, 1.54) is 0 Å². The van der Waals surface area contributed by atoms with Crippen molar-refractivity contribution in [1.82, 2.24) is 0 Å². The molecule has 0 heterocycles. The highest BCUT2D eigenvalue weighted by Gasteiger charge is 2.00. The molecule has 0 radical (unpaired) electrons. The minimum Gasteiger partial charge on any atom is -0.409 e. The van der Waals surface area contributed by atoms with E-state index in [-0.39, 0.29) is 5.84 Å². The number of hydrogen-bond acceptors (Lipinski definition) is 3. The predicted octanol–water partition coefficient (Wildman–Crippen LogP) is 2.65. The van der Waals surface area contributed by atoms with Crippen LogP contribution < -0.4 is 11.1 Å². The summed E-state index contributed by atoms with van der Waals surface area (Å²) in [6.07, 6.45) is 0.461. The summed E-state index contributed by atoms with van der Waals surface area (Å²) in [6.45, 7) is 0.567. The lowest BCUT2D eigenvalue weighted by atomic mass is 10.3. The van der Waals surface area contributed by atoms with Gasteiger partial charge in [-0.1, -0.05) is 32.7 Å². The van der Waals surface area contributed by atoms with Crippen LogP contribution in [0.25, 0.3) is 0 Å². The molecule has 0 aliphatic rings. The molecule has 0 aliphatic heterocycles. The fourth-order valence-corrected chi connectivity index (χ4v) is 1.75. The topological polar surface area (TPSA) is 70.6 Å². The van der Waals surface area contributed by atoms with Gasteiger partial charge in [-0.05, 0) is 18.2 Å². The zero-order chi connectivity index (χ0) is 11.3. The van der Waals surface area contributed by atoms with Crippen LogP contribution in [-0.2, 0) is 0 Å². The molecule has 0 fully saturated rings. The van der Waals surface area contributed by atoms with Gasteiger partial charge in [-0.2, -0.15) is 0 Å². The highest BCUT2D eigenvalue weighted by atomic mass is 79.9. The third kappa shape index (κ3) is 3.97. The van der Waals surface area contributed by atoms with Gasteiger partial charge in [0.1, 0.15) is 5.84 Å². The Labute approximate surface area is 101 Å². The van der Waals surface area contributed by atoms with Gasteiger partial charge >= 0.3 is 0 Å². The van der Waals surface area contributed by atoms with E-state index in [9.17, 15) is 0 Å². The highest BCUT2D eigenvalue weighted by molar-refractivity contribution is 9.10. The van der Waals surface area contributed by atoms with Gasteiger partial charge in [0.25, 0.3) is 0 Å². The van der Waals surface area contributed by atoms with Crippen LogP contribution in [0.2, 0.25) is 5.02 Å². The average Bonchev–Trinajstić information content (AvgIpc) is 2.21. The van der Waals surface area contributed by atoms with E-state index in [0.29, 0.717) is 18.0 Å². The molecule has 4 N–H and O–H groups in total. The number of hydrogen-bond donors (Lipinski definition) is 3. The Morgan fingerprint density at radius 3 is 2.93 bits per heavy atom. The number of nitrogens with zero attached hydrogens (tertiary/aromatic N) is 1. The van der Waals surface area contributed by atoms with Crippen molar-refractivity contribution in [2.75, 3.05) is 11.9 Å². The van der Waals surface area contributed by atoms with Crippen LogP contribution in [-0.4, -0.2) is 17.6 Å². The Kier molecular flexibility index (Phi) is 4.71. The lowest BCUT2D eigenvalue weighted by Crippen LogP contribution is -2.16. The Bertz CT molecular complexity index is 370. The van der Waals surface area contributed by atoms with Crippen LogP contribution in [0.4, 0.5) is 5.69 Å². The first-order chi connectivity index (χ1) is 7.13. The number of halogens is 2. The highest BCUT2D eigenvalue weighted by Crippen LogP contribution is 2.25. The monoisotopic (exact) mass is 291 g/mol. The molecule has 0 saturated carbocycles. The van der Waals surface area contributed by atoms with Crippen LogP contribution in [0, 0.1) is 0 Å². The first kappa shape index (κ1) is 12.1. The van der Waals surface area contributed by atoms with Gasteiger partial charge in [-0.25, -0.2) is 0 Å². The molecule has 0 amide bonds. The fourth-order valence-electron chi connectivity index (χ4n) is 1.01. The normalized spacial score (nSPS) is 11.5. The molecule has 82 valence electrons. The molecule has 4 nitrogen and oxygen atoms in total. The van der Waals surface area contributed by atoms with Crippen molar-refractivity contribution < 1.29 is 5.21 Å². The molecule has 1 rings (SSSR count). The van der Waals surface area contributed by atoms with E-state index in [0.717, 1.165) is 10.2 Å². The molecule has 6 heteroatoms. The number of nitrogens with two attached hydrogens (primary N) is 1. The van der Waals surface area contributed by atoms with E-state index in [2.05, 4.69) is 26.4 Å². The molecule has 0 spiro atoms. The second-order valence-corrected chi connectivity index (χ2v) is 4.22. The van der Waals surface area contributed by atoms with E-state index < -0.39 is 0 Å². The summed E-state index contributed by atoms with van der Waals surface area (Å²) in [5, 5.41) is 14.9. The van der Waals surface area contributed by atoms with E-state index >= 15 is 0 Å². The second kappa shape index (κ2) is 5.82. The fraction of sp³-hybridized carbons (Fsp3) is 0.222. The van der Waals surface area contributed by atoms with Gasteiger partial charge in [-0.15, -0.1) is 0 Å². The van der Waals surface area contributed by atoms with Crippen LogP contribution in [0.3, 0.4) is 0 Å². The third-order valence-electron chi connectivity index (χ3n) is 1.76. The Morgan fingerprint density at radius 1 is 1.60 bits per heavy atom. The van der Waals surface area contributed by atoms with Crippen molar-refractivity contribution >= 4 is 39.1 Å². The predicted molar refractivity (Wildman–Crippen MR) is 65.7 cm³/mol. The van der Waals surface area contributed by atoms with Crippen LogP contribution in [0.5, 0.6) is 0 Å². The Morgan fingerprint density at radius 2 is 2.33 bits per heavy atom. The summed E-state index contributed by atoms with van der Waals surface area (Å²) in [5.74, 6) is 0.190. The maximum Gasteiger partial charge on any atom is 0.140 e. The minimum absolute atomic E-state index is 0.190. The van der Waals surface area contributed by atoms with Crippen LogP contribution >= 0.6 is 27.5 Å². The molecule has 0 unspecified atom stereocenters. The van der Waals surface area contributed by atoms with Crippen molar-refractivity contribution in [2.24, 2.45) is 10.9 Å².